The summed E-state index contributed by atoms with van der Waals surface area (Å²) in [6, 6.07) is 0.0394. The summed E-state index contributed by atoms with van der Waals surface area (Å²) in [6.45, 7) is 4.40. The van der Waals surface area contributed by atoms with E-state index in [-0.39, 0.29) is 11.8 Å². The third kappa shape index (κ3) is 3.96. The van der Waals surface area contributed by atoms with Gasteiger partial charge in [0, 0.05) is 19.1 Å². The summed E-state index contributed by atoms with van der Waals surface area (Å²) in [5.74, 6) is -0.144. The van der Waals surface area contributed by atoms with Crippen molar-refractivity contribution in [2.75, 3.05) is 32.8 Å². The van der Waals surface area contributed by atoms with Crippen molar-refractivity contribution in [3.8, 4) is 0 Å². The molecule has 0 aromatic heterocycles. The third-order valence-corrected chi connectivity index (χ3v) is 3.20. The predicted molar refractivity (Wildman–Crippen MR) is 66.0 cm³/mol. The van der Waals surface area contributed by atoms with Crippen molar-refractivity contribution >= 4 is 11.8 Å². The van der Waals surface area contributed by atoms with Gasteiger partial charge in [0.15, 0.2) is 0 Å². The number of ether oxygens (including phenoxy) is 1. The van der Waals surface area contributed by atoms with Crippen molar-refractivity contribution in [2.24, 2.45) is 0 Å². The fourth-order valence-corrected chi connectivity index (χ4v) is 1.94. The summed E-state index contributed by atoms with van der Waals surface area (Å²) in [6.07, 6.45) is 2.30. The molecule has 2 N–H and O–H groups in total. The monoisotopic (exact) mass is 255 g/mol. The van der Waals surface area contributed by atoms with Crippen molar-refractivity contribution in [1.82, 2.24) is 15.5 Å². The number of hydrogen-bond acceptors (Lipinski definition) is 4. The standard InChI is InChI=1S/C12H21N3O3/c1-9(12(17)15-4-6-18-7-5-15)14-11(16)8-13-10-2-3-10/h9-10,13H,2-8H2,1H3,(H,14,16). The van der Waals surface area contributed by atoms with Gasteiger partial charge in [-0.3, -0.25) is 9.59 Å². The van der Waals surface area contributed by atoms with E-state index >= 15 is 0 Å². The van der Waals surface area contributed by atoms with Crippen LogP contribution in [0, 0.1) is 0 Å². The molecule has 0 aromatic rings. The quantitative estimate of drug-likeness (QED) is 0.668. The van der Waals surface area contributed by atoms with E-state index in [9.17, 15) is 9.59 Å². The number of hydrogen-bond donors (Lipinski definition) is 2. The Morgan fingerprint density at radius 3 is 2.61 bits per heavy atom. The Kier molecular flexibility index (Phi) is 4.54. The molecule has 0 radical (unpaired) electrons. The normalized spacial score (nSPS) is 21.5. The molecule has 1 saturated heterocycles. The maximum Gasteiger partial charge on any atom is 0.245 e. The lowest BCUT2D eigenvalue weighted by atomic mass is 10.2. The number of nitrogens with zero attached hydrogens (tertiary/aromatic N) is 1. The van der Waals surface area contributed by atoms with Gasteiger partial charge in [0.2, 0.25) is 11.8 Å². The highest BCUT2D eigenvalue weighted by molar-refractivity contribution is 5.88. The molecular formula is C12H21N3O3. The molecule has 0 bridgehead atoms. The highest BCUT2D eigenvalue weighted by Gasteiger charge is 2.25. The molecule has 6 nitrogen and oxygen atoms in total. The van der Waals surface area contributed by atoms with E-state index < -0.39 is 6.04 Å². The van der Waals surface area contributed by atoms with Crippen LogP contribution in [0.5, 0.6) is 0 Å². The Morgan fingerprint density at radius 1 is 1.33 bits per heavy atom. The van der Waals surface area contributed by atoms with Crippen LogP contribution in [0.1, 0.15) is 19.8 Å². The van der Waals surface area contributed by atoms with Crippen LogP contribution in [-0.4, -0.2) is 61.6 Å². The summed E-state index contributed by atoms with van der Waals surface area (Å²) < 4.78 is 5.19. The summed E-state index contributed by atoms with van der Waals surface area (Å²) in [5.41, 5.74) is 0. The van der Waals surface area contributed by atoms with Gasteiger partial charge in [0.25, 0.3) is 0 Å². The van der Waals surface area contributed by atoms with Gasteiger partial charge >= 0.3 is 0 Å². The summed E-state index contributed by atoms with van der Waals surface area (Å²) in [5, 5.41) is 5.85. The third-order valence-electron chi connectivity index (χ3n) is 3.20. The average Bonchev–Trinajstić information content (AvgIpc) is 3.20. The van der Waals surface area contributed by atoms with Crippen LogP contribution in [-0.2, 0) is 14.3 Å². The van der Waals surface area contributed by atoms with Gasteiger partial charge in [-0.05, 0) is 19.8 Å². The fraction of sp³-hybridized carbons (Fsp3) is 0.833. The van der Waals surface area contributed by atoms with Gasteiger partial charge < -0.3 is 20.3 Å². The zero-order chi connectivity index (χ0) is 13.0. The smallest absolute Gasteiger partial charge is 0.245 e. The first-order chi connectivity index (χ1) is 8.66. The van der Waals surface area contributed by atoms with Crippen LogP contribution in [0.4, 0.5) is 0 Å². The number of nitrogens with one attached hydrogen (secondary N) is 2. The van der Waals surface area contributed by atoms with E-state index in [2.05, 4.69) is 10.6 Å². The molecular weight excluding hydrogens is 234 g/mol. The first kappa shape index (κ1) is 13.3. The molecule has 1 aliphatic heterocycles. The summed E-state index contributed by atoms with van der Waals surface area (Å²) in [4.78, 5) is 25.4. The first-order valence-corrected chi connectivity index (χ1v) is 6.56. The minimum Gasteiger partial charge on any atom is -0.378 e. The van der Waals surface area contributed by atoms with E-state index in [1.165, 1.54) is 0 Å². The van der Waals surface area contributed by atoms with Crippen molar-refractivity contribution in [3.63, 3.8) is 0 Å². The van der Waals surface area contributed by atoms with Crippen molar-refractivity contribution in [2.45, 2.75) is 31.8 Å². The second kappa shape index (κ2) is 6.15. The van der Waals surface area contributed by atoms with Gasteiger partial charge in [-0.1, -0.05) is 0 Å². The molecule has 2 aliphatic rings. The molecule has 1 aliphatic carbocycles. The molecule has 1 heterocycles. The maximum atomic E-state index is 12.0. The molecule has 2 amide bonds. The van der Waals surface area contributed by atoms with Crippen LogP contribution in [0.15, 0.2) is 0 Å². The number of amides is 2. The Labute approximate surface area is 107 Å². The lowest BCUT2D eigenvalue weighted by Gasteiger charge is -2.29. The second-order valence-corrected chi connectivity index (χ2v) is 4.88. The van der Waals surface area contributed by atoms with Crippen molar-refractivity contribution < 1.29 is 14.3 Å². The molecule has 18 heavy (non-hydrogen) atoms. The lowest BCUT2D eigenvalue weighted by molar-refractivity contribution is -0.139. The fourth-order valence-electron chi connectivity index (χ4n) is 1.94. The number of rotatable bonds is 5. The topological polar surface area (TPSA) is 70.7 Å². The maximum absolute atomic E-state index is 12.0. The molecule has 1 saturated carbocycles. The first-order valence-electron chi connectivity index (χ1n) is 6.56. The van der Waals surface area contributed by atoms with Gasteiger partial charge in [0.05, 0.1) is 19.8 Å². The highest BCUT2D eigenvalue weighted by Crippen LogP contribution is 2.17. The highest BCUT2D eigenvalue weighted by atomic mass is 16.5. The molecule has 2 rings (SSSR count). The summed E-state index contributed by atoms with van der Waals surface area (Å²) >= 11 is 0. The largest absolute Gasteiger partial charge is 0.378 e. The SMILES string of the molecule is CC(NC(=O)CNC1CC1)C(=O)N1CCOCC1. The Bertz CT molecular complexity index is 312. The molecule has 1 atom stereocenters. The average molecular weight is 255 g/mol. The van der Waals surface area contributed by atoms with Crippen LogP contribution in [0.25, 0.3) is 0 Å². The van der Waals surface area contributed by atoms with E-state index in [0.29, 0.717) is 38.9 Å². The van der Waals surface area contributed by atoms with E-state index in [1.54, 1.807) is 11.8 Å². The summed E-state index contributed by atoms with van der Waals surface area (Å²) in [7, 11) is 0. The molecule has 1 unspecified atom stereocenters. The van der Waals surface area contributed by atoms with Gasteiger partial charge in [-0.25, -0.2) is 0 Å². The number of carbonyl (C=O) groups excluding carboxylic acids is 2. The van der Waals surface area contributed by atoms with Crippen molar-refractivity contribution in [1.29, 1.82) is 0 Å². The van der Waals surface area contributed by atoms with Gasteiger partial charge in [0.1, 0.15) is 6.04 Å². The zero-order valence-electron chi connectivity index (χ0n) is 10.8. The number of morpholine rings is 1. The molecule has 2 fully saturated rings. The zero-order valence-corrected chi connectivity index (χ0v) is 10.8. The van der Waals surface area contributed by atoms with E-state index in [4.69, 9.17) is 4.74 Å². The van der Waals surface area contributed by atoms with Gasteiger partial charge in [-0.2, -0.15) is 0 Å². The lowest BCUT2D eigenvalue weighted by Crippen LogP contribution is -2.51. The van der Waals surface area contributed by atoms with Crippen LogP contribution in [0.2, 0.25) is 0 Å². The van der Waals surface area contributed by atoms with Crippen LogP contribution in [0.3, 0.4) is 0 Å². The Balaban J connectivity index is 1.69. The van der Waals surface area contributed by atoms with Crippen molar-refractivity contribution in [3.05, 3.63) is 0 Å². The Hall–Kier alpha value is -1.14. The predicted octanol–water partition coefficient (Wildman–Crippen LogP) is -0.898. The second-order valence-electron chi connectivity index (χ2n) is 4.88. The molecule has 0 spiro atoms. The minimum atomic E-state index is -0.461. The van der Waals surface area contributed by atoms with Gasteiger partial charge in [-0.15, -0.1) is 0 Å². The number of carbonyl (C=O) groups is 2. The van der Waals surface area contributed by atoms with Crippen LogP contribution < -0.4 is 10.6 Å². The van der Waals surface area contributed by atoms with Crippen LogP contribution >= 0.6 is 0 Å². The van der Waals surface area contributed by atoms with E-state index in [1.807, 2.05) is 0 Å². The molecule has 102 valence electrons. The molecule has 0 aromatic carbocycles. The Morgan fingerprint density at radius 2 is 2.00 bits per heavy atom. The molecule has 6 heteroatoms. The van der Waals surface area contributed by atoms with E-state index in [0.717, 1.165) is 12.8 Å². The minimum absolute atomic E-state index is 0.0296.